The number of carbonyl (C=O) groups is 1. The molecule has 2 aliphatic carbocycles. The van der Waals surface area contributed by atoms with Gasteiger partial charge in [-0.25, -0.2) is 9.18 Å². The zero-order valence-electron chi connectivity index (χ0n) is 20.5. The van der Waals surface area contributed by atoms with Gasteiger partial charge in [-0.2, -0.15) is 0 Å². The van der Waals surface area contributed by atoms with Gasteiger partial charge < -0.3 is 14.6 Å². The van der Waals surface area contributed by atoms with Crippen molar-refractivity contribution in [1.82, 2.24) is 9.88 Å². The van der Waals surface area contributed by atoms with Crippen LogP contribution in [-0.4, -0.2) is 33.9 Å². The Bertz CT molecular complexity index is 1370. The molecule has 2 saturated heterocycles. The standard InChI is InChI=1S/C29H32FN3O3/c1-18(13-19-5-3-2-4-6-19)31-29-11-9-20(10-12-29)16-33(29)26-15-25-22(14-24(26)30)27(34)23(28(35)36)17-32(25)21-7-8-21/h2-6,14-15,17-18,20-21,31H,7-13,16H2,1H3,(H,35,36). The molecule has 1 unspecified atom stereocenters. The lowest BCUT2D eigenvalue weighted by Crippen LogP contribution is -2.68. The molecule has 2 bridgehead atoms. The minimum Gasteiger partial charge on any atom is -0.477 e. The summed E-state index contributed by atoms with van der Waals surface area (Å²) < 4.78 is 17.7. The summed E-state index contributed by atoms with van der Waals surface area (Å²) in [5.41, 5.74) is 1.13. The summed E-state index contributed by atoms with van der Waals surface area (Å²) in [5, 5.41) is 13.6. The van der Waals surface area contributed by atoms with Gasteiger partial charge in [-0.05, 0) is 75.5 Å². The van der Waals surface area contributed by atoms with E-state index in [0.29, 0.717) is 17.1 Å². The molecule has 2 aliphatic heterocycles. The Kier molecular flexibility index (Phi) is 5.63. The smallest absolute Gasteiger partial charge is 0.341 e. The van der Waals surface area contributed by atoms with Crippen molar-refractivity contribution in [2.75, 3.05) is 11.4 Å². The second-order valence-corrected chi connectivity index (χ2v) is 11.0. The van der Waals surface area contributed by atoms with Gasteiger partial charge >= 0.3 is 5.97 Å². The van der Waals surface area contributed by atoms with Gasteiger partial charge in [-0.1, -0.05) is 30.3 Å². The molecule has 2 aromatic carbocycles. The lowest BCUT2D eigenvalue weighted by atomic mass is 9.74. The third-order valence-corrected chi connectivity index (χ3v) is 8.35. The van der Waals surface area contributed by atoms with Crippen molar-refractivity contribution < 1.29 is 14.3 Å². The summed E-state index contributed by atoms with van der Waals surface area (Å²) in [6.07, 6.45) is 8.32. The van der Waals surface area contributed by atoms with Gasteiger partial charge in [-0.3, -0.25) is 10.1 Å². The Hall–Kier alpha value is -3.19. The van der Waals surface area contributed by atoms with Crippen LogP contribution in [0.1, 0.15) is 67.4 Å². The lowest BCUT2D eigenvalue weighted by Gasteiger charge is -2.57. The van der Waals surface area contributed by atoms with Crippen molar-refractivity contribution in [2.24, 2.45) is 5.92 Å². The number of carboxylic acids is 1. The number of fused-ring (bicyclic) bond motifs is 4. The molecule has 4 fully saturated rings. The molecule has 1 atom stereocenters. The number of carboxylic acid groups (broad SMARTS) is 1. The van der Waals surface area contributed by atoms with Gasteiger partial charge in [0.2, 0.25) is 5.43 Å². The molecule has 6 nitrogen and oxygen atoms in total. The van der Waals surface area contributed by atoms with Crippen molar-refractivity contribution in [3.05, 3.63) is 75.8 Å². The third kappa shape index (κ3) is 3.99. The molecule has 4 aliphatic rings. The largest absolute Gasteiger partial charge is 0.477 e. The fourth-order valence-electron chi connectivity index (χ4n) is 6.44. The maximum atomic E-state index is 15.8. The van der Waals surface area contributed by atoms with Crippen molar-refractivity contribution in [1.29, 1.82) is 0 Å². The second kappa shape index (κ2) is 8.73. The Balaban J connectivity index is 1.41. The third-order valence-electron chi connectivity index (χ3n) is 8.35. The fraction of sp³-hybridized carbons (Fsp3) is 0.448. The van der Waals surface area contributed by atoms with Crippen LogP contribution in [0, 0.1) is 11.7 Å². The minimum absolute atomic E-state index is 0.143. The van der Waals surface area contributed by atoms with Gasteiger partial charge in [0.15, 0.2) is 0 Å². The highest BCUT2D eigenvalue weighted by molar-refractivity contribution is 5.93. The van der Waals surface area contributed by atoms with Crippen molar-refractivity contribution >= 4 is 22.6 Å². The normalized spacial score (nSPS) is 24.3. The Labute approximate surface area is 209 Å². The number of nitrogens with zero attached hydrogens (tertiary/aromatic N) is 2. The number of nitrogens with one attached hydrogen (secondary N) is 1. The molecule has 3 aromatic rings. The molecule has 7 heteroatoms. The molecule has 2 saturated carbocycles. The van der Waals surface area contributed by atoms with E-state index in [1.807, 2.05) is 10.6 Å². The SMILES string of the molecule is CC(Cc1ccccc1)NC12CCC(CC1)CN2c1cc2c(cc1F)c(=O)c(C(=O)O)cn2C1CC1. The van der Waals surface area contributed by atoms with Crippen molar-refractivity contribution in [3.8, 4) is 0 Å². The first-order chi connectivity index (χ1) is 17.3. The van der Waals surface area contributed by atoms with E-state index in [9.17, 15) is 14.7 Å². The van der Waals surface area contributed by atoms with Gasteiger partial charge in [0.1, 0.15) is 11.4 Å². The topological polar surface area (TPSA) is 74.6 Å². The van der Waals surface area contributed by atoms with Crippen LogP contribution in [0.15, 0.2) is 53.5 Å². The second-order valence-electron chi connectivity index (χ2n) is 11.0. The number of aromatic carboxylic acids is 1. The molecular formula is C29H32FN3O3. The predicted octanol–water partition coefficient (Wildman–Crippen LogP) is 5.10. The van der Waals surface area contributed by atoms with E-state index >= 15 is 4.39 Å². The van der Waals surface area contributed by atoms with Crippen LogP contribution in [0.4, 0.5) is 10.1 Å². The first-order valence-corrected chi connectivity index (χ1v) is 13.1. The number of hydrogen-bond acceptors (Lipinski definition) is 4. The Morgan fingerprint density at radius 3 is 2.56 bits per heavy atom. The van der Waals surface area contributed by atoms with Crippen LogP contribution >= 0.6 is 0 Å². The van der Waals surface area contributed by atoms with E-state index in [1.54, 1.807) is 6.07 Å². The number of hydrogen-bond donors (Lipinski definition) is 2. The van der Waals surface area contributed by atoms with Gasteiger partial charge in [0.25, 0.3) is 0 Å². The fourth-order valence-corrected chi connectivity index (χ4v) is 6.44. The Morgan fingerprint density at radius 1 is 1.17 bits per heavy atom. The van der Waals surface area contributed by atoms with E-state index in [0.717, 1.165) is 51.5 Å². The summed E-state index contributed by atoms with van der Waals surface area (Å²) in [5.74, 6) is -1.22. The highest BCUT2D eigenvalue weighted by Gasteiger charge is 2.47. The maximum Gasteiger partial charge on any atom is 0.341 e. The van der Waals surface area contributed by atoms with Crippen LogP contribution in [0.3, 0.4) is 0 Å². The highest BCUT2D eigenvalue weighted by atomic mass is 19.1. The highest BCUT2D eigenvalue weighted by Crippen LogP contribution is 2.46. The van der Waals surface area contributed by atoms with Crippen LogP contribution in [-0.2, 0) is 6.42 Å². The molecule has 0 radical (unpaired) electrons. The molecule has 7 rings (SSSR count). The summed E-state index contributed by atoms with van der Waals surface area (Å²) in [7, 11) is 0. The lowest BCUT2D eigenvalue weighted by molar-refractivity contribution is 0.0695. The average molecular weight is 490 g/mol. The van der Waals surface area contributed by atoms with E-state index in [4.69, 9.17) is 0 Å². The molecule has 2 N–H and O–H groups in total. The number of halogens is 1. The summed E-state index contributed by atoms with van der Waals surface area (Å²) in [4.78, 5) is 26.8. The van der Waals surface area contributed by atoms with E-state index < -0.39 is 17.2 Å². The summed E-state index contributed by atoms with van der Waals surface area (Å²) >= 11 is 0. The van der Waals surface area contributed by atoms with Gasteiger partial charge in [0.05, 0.1) is 16.9 Å². The molecular weight excluding hydrogens is 457 g/mol. The number of pyridine rings is 1. The summed E-state index contributed by atoms with van der Waals surface area (Å²) in [6, 6.07) is 13.8. The molecule has 0 spiro atoms. The van der Waals surface area contributed by atoms with E-state index in [2.05, 4.69) is 41.4 Å². The van der Waals surface area contributed by atoms with E-state index in [1.165, 1.54) is 17.8 Å². The maximum absolute atomic E-state index is 15.8. The number of rotatable bonds is 7. The number of benzene rings is 2. The molecule has 36 heavy (non-hydrogen) atoms. The molecule has 188 valence electrons. The first-order valence-electron chi connectivity index (χ1n) is 13.1. The van der Waals surface area contributed by atoms with Crippen LogP contribution in [0.5, 0.6) is 0 Å². The van der Waals surface area contributed by atoms with Crippen molar-refractivity contribution in [3.63, 3.8) is 0 Å². The predicted molar refractivity (Wildman–Crippen MR) is 138 cm³/mol. The number of piperidine rings is 2. The molecule has 3 heterocycles. The van der Waals surface area contributed by atoms with Crippen LogP contribution in [0.2, 0.25) is 0 Å². The van der Waals surface area contributed by atoms with E-state index in [-0.39, 0.29) is 28.7 Å². The number of aromatic nitrogens is 1. The minimum atomic E-state index is -1.27. The summed E-state index contributed by atoms with van der Waals surface area (Å²) in [6.45, 7) is 2.96. The quantitative estimate of drug-likeness (QED) is 0.483. The zero-order chi connectivity index (χ0) is 25.0. The average Bonchev–Trinajstić information content (AvgIpc) is 3.70. The Morgan fingerprint density at radius 2 is 1.89 bits per heavy atom. The van der Waals surface area contributed by atoms with Gasteiger partial charge in [0, 0.05) is 30.2 Å². The van der Waals surface area contributed by atoms with Gasteiger partial charge in [-0.15, -0.1) is 0 Å². The monoisotopic (exact) mass is 489 g/mol. The van der Waals surface area contributed by atoms with Crippen LogP contribution in [0.25, 0.3) is 10.9 Å². The first kappa shape index (κ1) is 23.2. The zero-order valence-corrected chi connectivity index (χ0v) is 20.5. The molecule has 0 amide bonds. The van der Waals surface area contributed by atoms with Crippen LogP contribution < -0.4 is 15.6 Å². The number of anilines is 1. The molecule has 1 aromatic heterocycles. The van der Waals surface area contributed by atoms with Crippen molar-refractivity contribution in [2.45, 2.75) is 69.6 Å².